The Morgan fingerprint density at radius 2 is 2.07 bits per heavy atom. The third-order valence-electron chi connectivity index (χ3n) is 4.12. The molecule has 0 spiro atoms. The van der Waals surface area contributed by atoms with E-state index in [1.165, 1.54) is 11.7 Å². The van der Waals surface area contributed by atoms with Crippen LogP contribution in [-0.4, -0.2) is 45.7 Å². The highest BCUT2D eigenvalue weighted by Crippen LogP contribution is 2.19. The van der Waals surface area contributed by atoms with Crippen LogP contribution < -0.4 is 21.9 Å². The van der Waals surface area contributed by atoms with Crippen molar-refractivity contribution in [3.05, 3.63) is 45.9 Å². The number of anilines is 1. The summed E-state index contributed by atoms with van der Waals surface area (Å²) in [6.07, 6.45) is 0.801. The molecule has 0 saturated heterocycles. The Hall–Kier alpha value is -3.40. The molecule has 0 bridgehead atoms. The van der Waals surface area contributed by atoms with Crippen molar-refractivity contribution in [3.63, 3.8) is 0 Å². The summed E-state index contributed by atoms with van der Waals surface area (Å²) in [7, 11) is 1.34. The number of fused-ring (bicyclic) bond motifs is 1. The number of methoxy groups -OCH3 is 1. The first kappa shape index (κ1) is 19.4. The first-order valence-electron chi connectivity index (χ1n) is 8.75. The third-order valence-corrected chi connectivity index (χ3v) is 4.12. The van der Waals surface area contributed by atoms with Gasteiger partial charge in [-0.15, -0.1) is 0 Å². The fourth-order valence-electron chi connectivity index (χ4n) is 2.75. The zero-order valence-electron chi connectivity index (χ0n) is 15.5. The van der Waals surface area contributed by atoms with Crippen LogP contribution in [-0.2, 0) is 22.5 Å². The van der Waals surface area contributed by atoms with Gasteiger partial charge in [0.2, 0.25) is 0 Å². The zero-order valence-corrected chi connectivity index (χ0v) is 15.5. The number of carbonyl (C=O) groups excluding carboxylic acids is 1. The Morgan fingerprint density at radius 3 is 2.82 bits per heavy atom. The number of hydrogen-bond donors (Lipinski definition) is 3. The first-order chi connectivity index (χ1) is 13.5. The summed E-state index contributed by atoms with van der Waals surface area (Å²) in [4.78, 5) is 35.0. The molecule has 28 heavy (non-hydrogen) atoms. The molecule has 0 radical (unpaired) electrons. The van der Waals surface area contributed by atoms with Crippen LogP contribution in [0.25, 0.3) is 11.2 Å². The van der Waals surface area contributed by atoms with E-state index in [0.29, 0.717) is 30.7 Å². The minimum Gasteiger partial charge on any atom is -0.469 e. The second-order valence-electron chi connectivity index (χ2n) is 6.17. The summed E-state index contributed by atoms with van der Waals surface area (Å²) in [5, 5.41) is 0. The van der Waals surface area contributed by atoms with E-state index in [1.807, 2.05) is 24.3 Å². The number of imidazole rings is 1. The molecule has 148 valence electrons. The highest BCUT2D eigenvalue weighted by molar-refractivity contribution is 5.82. The van der Waals surface area contributed by atoms with Gasteiger partial charge in [-0.05, 0) is 24.1 Å². The predicted octanol–water partition coefficient (Wildman–Crippen LogP) is 0.193. The molecule has 3 aromatic rings. The van der Waals surface area contributed by atoms with E-state index in [2.05, 4.69) is 15.0 Å². The van der Waals surface area contributed by atoms with Gasteiger partial charge in [0.25, 0.3) is 0 Å². The molecule has 0 aliphatic carbocycles. The lowest BCUT2D eigenvalue weighted by atomic mass is 10.1. The van der Waals surface area contributed by atoms with E-state index in [1.54, 1.807) is 0 Å². The molecule has 0 fully saturated rings. The molecule has 2 aromatic heterocycles. The molecule has 5 N–H and O–H groups in total. The zero-order chi connectivity index (χ0) is 20.1. The van der Waals surface area contributed by atoms with Crippen LogP contribution in [0.2, 0.25) is 0 Å². The van der Waals surface area contributed by atoms with Gasteiger partial charge in [-0.3, -0.25) is 9.36 Å². The average Bonchev–Trinajstić information content (AvgIpc) is 2.98. The lowest BCUT2D eigenvalue weighted by molar-refractivity contribution is -0.139. The molecular weight excluding hydrogens is 364 g/mol. The molecule has 0 unspecified atom stereocenters. The number of ether oxygens (including phenoxy) is 2. The number of rotatable bonds is 8. The van der Waals surface area contributed by atoms with Crippen molar-refractivity contribution in [1.82, 2.24) is 19.5 Å². The summed E-state index contributed by atoms with van der Waals surface area (Å²) in [5.41, 5.74) is 13.3. The van der Waals surface area contributed by atoms with Crippen molar-refractivity contribution in [3.8, 4) is 6.01 Å². The number of nitrogen functional groups attached to an aromatic ring is 1. The van der Waals surface area contributed by atoms with E-state index in [0.717, 1.165) is 11.1 Å². The molecule has 0 aliphatic heterocycles. The molecule has 2 heterocycles. The average molecular weight is 386 g/mol. The summed E-state index contributed by atoms with van der Waals surface area (Å²) in [6, 6.07) is 7.42. The second-order valence-corrected chi connectivity index (χ2v) is 6.17. The Balaban J connectivity index is 1.92. The summed E-state index contributed by atoms with van der Waals surface area (Å²) >= 11 is 0. The number of benzene rings is 1. The van der Waals surface area contributed by atoms with Gasteiger partial charge >= 0.3 is 17.7 Å². The number of nitrogens with one attached hydrogen (secondary N) is 1. The topological polar surface area (TPSA) is 151 Å². The van der Waals surface area contributed by atoms with Crippen LogP contribution >= 0.6 is 0 Å². The van der Waals surface area contributed by atoms with Crippen LogP contribution in [0.15, 0.2) is 29.1 Å². The van der Waals surface area contributed by atoms with Gasteiger partial charge in [0.15, 0.2) is 11.5 Å². The molecule has 1 aromatic carbocycles. The molecule has 0 atom stereocenters. The van der Waals surface area contributed by atoms with Crippen molar-refractivity contribution in [1.29, 1.82) is 0 Å². The Bertz CT molecular complexity index is 1040. The molecule has 0 amide bonds. The SMILES string of the molecule is COC(=O)Cc1cccc(Cn2c(=O)[nH]c3c(N)nc(OCCCN)nc32)c1. The Morgan fingerprint density at radius 1 is 1.29 bits per heavy atom. The van der Waals surface area contributed by atoms with Crippen molar-refractivity contribution in [2.75, 3.05) is 26.0 Å². The van der Waals surface area contributed by atoms with Gasteiger partial charge in [-0.1, -0.05) is 24.3 Å². The maximum Gasteiger partial charge on any atom is 0.328 e. The minimum atomic E-state index is -0.367. The van der Waals surface area contributed by atoms with E-state index in [9.17, 15) is 9.59 Å². The second kappa shape index (κ2) is 8.53. The third kappa shape index (κ3) is 4.29. The number of hydrogen-bond acceptors (Lipinski definition) is 8. The van der Waals surface area contributed by atoms with E-state index in [4.69, 9.17) is 20.9 Å². The van der Waals surface area contributed by atoms with Crippen molar-refractivity contribution in [2.24, 2.45) is 5.73 Å². The fraction of sp³-hybridized carbons (Fsp3) is 0.333. The molecule has 10 nitrogen and oxygen atoms in total. The number of carbonyl (C=O) groups is 1. The van der Waals surface area contributed by atoms with Crippen LogP contribution in [0.1, 0.15) is 17.5 Å². The molecular formula is C18H22N6O4. The fourth-order valence-corrected chi connectivity index (χ4v) is 2.75. The first-order valence-corrected chi connectivity index (χ1v) is 8.75. The van der Waals surface area contributed by atoms with Gasteiger partial charge in [0, 0.05) is 0 Å². The van der Waals surface area contributed by atoms with Gasteiger partial charge < -0.3 is 25.9 Å². The maximum absolute atomic E-state index is 12.4. The molecule has 0 aliphatic rings. The summed E-state index contributed by atoms with van der Waals surface area (Å²) in [6.45, 7) is 1.08. The van der Waals surface area contributed by atoms with E-state index >= 15 is 0 Å². The van der Waals surface area contributed by atoms with Crippen LogP contribution in [0.5, 0.6) is 6.01 Å². The largest absolute Gasteiger partial charge is 0.469 e. The Labute approximate surface area is 160 Å². The molecule has 3 rings (SSSR count). The van der Waals surface area contributed by atoms with Crippen LogP contribution in [0.3, 0.4) is 0 Å². The van der Waals surface area contributed by atoms with Crippen LogP contribution in [0.4, 0.5) is 5.82 Å². The number of aromatic amines is 1. The number of esters is 1. The van der Waals surface area contributed by atoms with Crippen molar-refractivity contribution < 1.29 is 14.3 Å². The number of H-pyrrole nitrogens is 1. The quantitative estimate of drug-likeness (QED) is 0.367. The minimum absolute atomic E-state index is 0.0886. The summed E-state index contributed by atoms with van der Waals surface area (Å²) in [5.74, 6) is -0.204. The predicted molar refractivity (Wildman–Crippen MR) is 103 cm³/mol. The maximum atomic E-state index is 12.4. The van der Waals surface area contributed by atoms with Crippen molar-refractivity contribution in [2.45, 2.75) is 19.4 Å². The monoisotopic (exact) mass is 386 g/mol. The van der Waals surface area contributed by atoms with Gasteiger partial charge in [-0.25, -0.2) is 4.79 Å². The van der Waals surface area contributed by atoms with Gasteiger partial charge in [0.1, 0.15) is 5.52 Å². The van der Waals surface area contributed by atoms with Crippen molar-refractivity contribution >= 4 is 23.0 Å². The summed E-state index contributed by atoms with van der Waals surface area (Å²) < 4.78 is 11.6. The van der Waals surface area contributed by atoms with E-state index in [-0.39, 0.29) is 36.5 Å². The highest BCUT2D eigenvalue weighted by atomic mass is 16.5. The number of nitrogens with zero attached hydrogens (tertiary/aromatic N) is 3. The standard InChI is InChI=1S/C18H22N6O4/c1-27-13(25)9-11-4-2-5-12(8-11)10-24-16-14(21-18(24)26)15(20)22-17(23-16)28-7-3-6-19/h2,4-5,8H,3,6-7,9-10,19H2,1H3,(H,21,26)(H2,20,22,23). The smallest absolute Gasteiger partial charge is 0.328 e. The number of nitrogens with two attached hydrogens (primary N) is 2. The molecule has 10 heteroatoms. The van der Waals surface area contributed by atoms with Gasteiger partial charge in [0.05, 0.1) is 26.7 Å². The van der Waals surface area contributed by atoms with E-state index < -0.39 is 0 Å². The lowest BCUT2D eigenvalue weighted by Gasteiger charge is -2.08. The lowest BCUT2D eigenvalue weighted by Crippen LogP contribution is -2.18. The van der Waals surface area contributed by atoms with Gasteiger partial charge in [-0.2, -0.15) is 9.97 Å². The normalized spacial score (nSPS) is 10.9. The number of aromatic nitrogens is 4. The van der Waals surface area contributed by atoms with Crippen LogP contribution in [0, 0.1) is 0 Å². The highest BCUT2D eigenvalue weighted by Gasteiger charge is 2.15. The molecule has 0 saturated carbocycles. The Kier molecular flexibility index (Phi) is 5.90.